The molecule has 6 heteroatoms. The van der Waals surface area contributed by atoms with Crippen LogP contribution in [0, 0.1) is 10.1 Å². The molecule has 1 amide bonds. The molecule has 2 aromatic rings. The molecule has 0 fully saturated rings. The third kappa shape index (κ3) is 5.39. The molecule has 0 heterocycles. The van der Waals surface area contributed by atoms with E-state index >= 15 is 0 Å². The number of nitrogens with one attached hydrogen (secondary N) is 2. The number of rotatable bonds is 8. The van der Waals surface area contributed by atoms with Crippen LogP contribution >= 0.6 is 0 Å². The van der Waals surface area contributed by atoms with Crippen LogP contribution in [-0.4, -0.2) is 17.4 Å². The largest absolute Gasteiger partial charge is 0.385 e. The Balaban J connectivity index is 1.69. The van der Waals surface area contributed by atoms with Gasteiger partial charge in [0, 0.05) is 36.5 Å². The molecule has 6 nitrogen and oxygen atoms in total. The van der Waals surface area contributed by atoms with Crippen LogP contribution in [0.3, 0.4) is 0 Å². The highest BCUT2D eigenvalue weighted by atomic mass is 16.6. The number of nitrogens with zero attached hydrogens (tertiary/aromatic N) is 1. The van der Waals surface area contributed by atoms with Gasteiger partial charge in [-0.1, -0.05) is 19.1 Å². The van der Waals surface area contributed by atoms with Crippen molar-refractivity contribution in [3.05, 3.63) is 64.2 Å². The molecular formula is C18H21N3O3. The van der Waals surface area contributed by atoms with E-state index in [1.54, 1.807) is 12.1 Å². The van der Waals surface area contributed by atoms with Gasteiger partial charge in [-0.15, -0.1) is 0 Å². The van der Waals surface area contributed by atoms with Gasteiger partial charge in [-0.3, -0.25) is 14.9 Å². The molecule has 2 rings (SSSR count). The molecule has 0 bridgehead atoms. The molecule has 0 saturated carbocycles. The molecule has 0 saturated heterocycles. The summed E-state index contributed by atoms with van der Waals surface area (Å²) in [4.78, 5) is 22.0. The lowest BCUT2D eigenvalue weighted by Crippen LogP contribution is -2.13. The second kappa shape index (κ2) is 8.67. The molecule has 24 heavy (non-hydrogen) atoms. The van der Waals surface area contributed by atoms with Crippen molar-refractivity contribution in [3.63, 3.8) is 0 Å². The van der Waals surface area contributed by atoms with E-state index in [0.717, 1.165) is 17.8 Å². The SMILES string of the molecule is CCc1ccc(NC(=O)CCCNc2ccc([N+](=O)[O-])cc2)cc1. The number of nitro groups is 1. The van der Waals surface area contributed by atoms with Gasteiger partial charge in [-0.25, -0.2) is 0 Å². The molecule has 0 aromatic heterocycles. The fraction of sp³-hybridized carbons (Fsp3) is 0.278. The maximum atomic E-state index is 11.9. The predicted octanol–water partition coefficient (Wildman–Crippen LogP) is 3.99. The van der Waals surface area contributed by atoms with Crippen molar-refractivity contribution in [2.45, 2.75) is 26.2 Å². The highest BCUT2D eigenvalue weighted by Gasteiger charge is 2.04. The Hall–Kier alpha value is -2.89. The predicted molar refractivity (Wildman–Crippen MR) is 95.3 cm³/mol. The molecule has 0 unspecified atom stereocenters. The highest BCUT2D eigenvalue weighted by molar-refractivity contribution is 5.90. The van der Waals surface area contributed by atoms with Crippen molar-refractivity contribution in [3.8, 4) is 0 Å². The number of nitro benzene ring substituents is 1. The summed E-state index contributed by atoms with van der Waals surface area (Å²) in [5.74, 6) is -0.0234. The zero-order chi connectivity index (χ0) is 17.4. The minimum atomic E-state index is -0.429. The van der Waals surface area contributed by atoms with Crippen LogP contribution in [-0.2, 0) is 11.2 Å². The Bertz CT molecular complexity index is 682. The standard InChI is InChI=1S/C18H21N3O3/c1-2-14-5-7-16(8-6-14)20-18(22)4-3-13-19-15-9-11-17(12-10-15)21(23)24/h5-12,19H,2-4,13H2,1H3,(H,20,22). The fourth-order valence-corrected chi connectivity index (χ4v) is 2.23. The lowest BCUT2D eigenvalue weighted by Gasteiger charge is -2.08. The quantitative estimate of drug-likeness (QED) is 0.436. The van der Waals surface area contributed by atoms with Gasteiger partial charge >= 0.3 is 0 Å². The van der Waals surface area contributed by atoms with E-state index in [9.17, 15) is 14.9 Å². The second-order valence-electron chi connectivity index (χ2n) is 5.43. The minimum absolute atomic E-state index is 0.0234. The van der Waals surface area contributed by atoms with E-state index in [0.29, 0.717) is 19.4 Å². The monoisotopic (exact) mass is 327 g/mol. The number of benzene rings is 2. The van der Waals surface area contributed by atoms with E-state index in [4.69, 9.17) is 0 Å². The first kappa shape index (κ1) is 17.5. The first-order chi connectivity index (χ1) is 11.6. The Kier molecular flexibility index (Phi) is 6.31. The molecule has 2 aromatic carbocycles. The van der Waals surface area contributed by atoms with Crippen LogP contribution in [0.1, 0.15) is 25.3 Å². The molecule has 0 aliphatic rings. The maximum absolute atomic E-state index is 11.9. The Morgan fingerprint density at radius 3 is 2.25 bits per heavy atom. The van der Waals surface area contributed by atoms with Gasteiger partial charge in [-0.05, 0) is 42.7 Å². The number of aryl methyl sites for hydroxylation is 1. The number of amides is 1. The number of carbonyl (C=O) groups excluding carboxylic acids is 1. The third-order valence-electron chi connectivity index (χ3n) is 3.63. The van der Waals surface area contributed by atoms with Gasteiger partial charge in [0.15, 0.2) is 0 Å². The van der Waals surface area contributed by atoms with Crippen molar-refractivity contribution < 1.29 is 9.72 Å². The molecule has 0 aliphatic carbocycles. The lowest BCUT2D eigenvalue weighted by atomic mass is 10.1. The maximum Gasteiger partial charge on any atom is 0.269 e. The first-order valence-electron chi connectivity index (χ1n) is 7.95. The number of hydrogen-bond acceptors (Lipinski definition) is 4. The van der Waals surface area contributed by atoms with Crippen LogP contribution in [0.5, 0.6) is 0 Å². The molecule has 0 aliphatic heterocycles. The van der Waals surface area contributed by atoms with Crippen LogP contribution in [0.4, 0.5) is 17.1 Å². The minimum Gasteiger partial charge on any atom is -0.385 e. The fourth-order valence-electron chi connectivity index (χ4n) is 2.23. The molecule has 0 spiro atoms. The summed E-state index contributed by atoms with van der Waals surface area (Å²) in [7, 11) is 0. The molecule has 2 N–H and O–H groups in total. The number of anilines is 2. The zero-order valence-electron chi connectivity index (χ0n) is 13.6. The Labute approximate surface area is 141 Å². The molecule has 0 radical (unpaired) electrons. The van der Waals surface area contributed by atoms with Crippen LogP contribution in [0.15, 0.2) is 48.5 Å². The second-order valence-corrected chi connectivity index (χ2v) is 5.43. The first-order valence-corrected chi connectivity index (χ1v) is 7.95. The van der Waals surface area contributed by atoms with E-state index in [1.807, 2.05) is 24.3 Å². The smallest absolute Gasteiger partial charge is 0.269 e. The summed E-state index contributed by atoms with van der Waals surface area (Å²) < 4.78 is 0. The van der Waals surface area contributed by atoms with Gasteiger partial charge in [0.05, 0.1) is 4.92 Å². The Morgan fingerprint density at radius 2 is 1.67 bits per heavy atom. The average Bonchev–Trinajstić information content (AvgIpc) is 2.60. The summed E-state index contributed by atoms with van der Waals surface area (Å²) in [5.41, 5.74) is 2.91. The highest BCUT2D eigenvalue weighted by Crippen LogP contribution is 2.15. The Morgan fingerprint density at radius 1 is 1.04 bits per heavy atom. The van der Waals surface area contributed by atoms with Crippen molar-refractivity contribution in [2.75, 3.05) is 17.2 Å². The molecule has 0 atom stereocenters. The van der Waals surface area contributed by atoms with Crippen LogP contribution in [0.2, 0.25) is 0 Å². The number of hydrogen-bond donors (Lipinski definition) is 2. The summed E-state index contributed by atoms with van der Waals surface area (Å²) >= 11 is 0. The average molecular weight is 327 g/mol. The zero-order valence-corrected chi connectivity index (χ0v) is 13.6. The summed E-state index contributed by atoms with van der Waals surface area (Å²) in [6, 6.07) is 14.1. The van der Waals surface area contributed by atoms with E-state index in [-0.39, 0.29) is 11.6 Å². The van der Waals surface area contributed by atoms with Gasteiger partial charge in [0.25, 0.3) is 5.69 Å². The summed E-state index contributed by atoms with van der Waals surface area (Å²) in [6.07, 6.45) is 2.06. The van der Waals surface area contributed by atoms with Crippen molar-refractivity contribution in [2.24, 2.45) is 0 Å². The van der Waals surface area contributed by atoms with Gasteiger partial charge in [-0.2, -0.15) is 0 Å². The normalized spacial score (nSPS) is 10.2. The molecule has 126 valence electrons. The van der Waals surface area contributed by atoms with Crippen LogP contribution in [0.25, 0.3) is 0 Å². The van der Waals surface area contributed by atoms with E-state index < -0.39 is 4.92 Å². The number of carbonyl (C=O) groups is 1. The van der Waals surface area contributed by atoms with Gasteiger partial charge in [0.1, 0.15) is 0 Å². The summed E-state index contributed by atoms with van der Waals surface area (Å²) in [5, 5.41) is 16.6. The summed E-state index contributed by atoms with van der Waals surface area (Å²) in [6.45, 7) is 2.71. The van der Waals surface area contributed by atoms with Gasteiger partial charge in [0.2, 0.25) is 5.91 Å². The van der Waals surface area contributed by atoms with E-state index in [2.05, 4.69) is 17.6 Å². The lowest BCUT2D eigenvalue weighted by molar-refractivity contribution is -0.384. The van der Waals surface area contributed by atoms with Crippen molar-refractivity contribution in [1.29, 1.82) is 0 Å². The third-order valence-corrected chi connectivity index (χ3v) is 3.63. The topological polar surface area (TPSA) is 84.3 Å². The van der Waals surface area contributed by atoms with Crippen LogP contribution < -0.4 is 10.6 Å². The van der Waals surface area contributed by atoms with E-state index in [1.165, 1.54) is 17.7 Å². The van der Waals surface area contributed by atoms with Crippen molar-refractivity contribution >= 4 is 23.0 Å². The van der Waals surface area contributed by atoms with Crippen molar-refractivity contribution in [1.82, 2.24) is 0 Å². The number of non-ortho nitro benzene ring substituents is 1. The molecular weight excluding hydrogens is 306 g/mol. The van der Waals surface area contributed by atoms with Gasteiger partial charge < -0.3 is 10.6 Å².